The number of halogens is 3. The molecule has 4 atom stereocenters. The summed E-state index contributed by atoms with van der Waals surface area (Å²) in [7, 11) is 0. The molecule has 202 valence electrons. The van der Waals surface area contributed by atoms with E-state index in [-0.39, 0.29) is 23.2 Å². The standard InChI is InChI=1S/C30H38F3NO3/c1-17-5-4-6-22(35)26-25-21(15-29(2,3)16-23(25)36)34-28(19-11-13-37-14-12-19)27(26)24(17)18-7-9-20(10-8-18)30(31,32)33/h7-10,17,19,22-24,35-36H,4-6,11-16H2,1-3H3. The number of hydrogen-bond acceptors (Lipinski definition) is 4. The van der Waals surface area contributed by atoms with Crippen LogP contribution in [0.3, 0.4) is 0 Å². The fraction of sp³-hybridized carbons (Fsp3) is 0.633. The maximum Gasteiger partial charge on any atom is 0.416 e. The average Bonchev–Trinajstić information content (AvgIpc) is 2.82. The summed E-state index contributed by atoms with van der Waals surface area (Å²) >= 11 is 0. The zero-order valence-corrected chi connectivity index (χ0v) is 21.9. The highest BCUT2D eigenvalue weighted by molar-refractivity contribution is 5.51. The van der Waals surface area contributed by atoms with Gasteiger partial charge in [-0.25, -0.2) is 0 Å². The highest BCUT2D eigenvalue weighted by atomic mass is 19.4. The van der Waals surface area contributed by atoms with Gasteiger partial charge in [-0.05, 0) is 78.7 Å². The summed E-state index contributed by atoms with van der Waals surface area (Å²) in [6.45, 7) is 7.69. The van der Waals surface area contributed by atoms with E-state index in [4.69, 9.17) is 9.72 Å². The number of aliphatic hydroxyl groups is 2. The van der Waals surface area contributed by atoms with Gasteiger partial charge in [0.15, 0.2) is 0 Å². The quantitative estimate of drug-likeness (QED) is 0.451. The molecular formula is C30H38F3NO3. The molecule has 4 nitrogen and oxygen atoms in total. The highest BCUT2D eigenvalue weighted by Crippen LogP contribution is 2.51. The Labute approximate surface area is 217 Å². The van der Waals surface area contributed by atoms with E-state index in [0.29, 0.717) is 26.1 Å². The summed E-state index contributed by atoms with van der Waals surface area (Å²) in [5.41, 5.74) is 4.30. The summed E-state index contributed by atoms with van der Waals surface area (Å²) in [6.07, 6.45) is -0.698. The fourth-order valence-corrected chi connectivity index (χ4v) is 6.93. The molecule has 0 bridgehead atoms. The fourth-order valence-electron chi connectivity index (χ4n) is 6.93. The van der Waals surface area contributed by atoms with Crippen LogP contribution in [0.15, 0.2) is 24.3 Å². The van der Waals surface area contributed by atoms with E-state index in [2.05, 4.69) is 20.8 Å². The number of alkyl halides is 3. The second-order valence-corrected chi connectivity index (χ2v) is 12.2. The molecule has 2 N–H and O–H groups in total. The topological polar surface area (TPSA) is 62.6 Å². The number of rotatable bonds is 2. The van der Waals surface area contributed by atoms with E-state index < -0.39 is 23.9 Å². The van der Waals surface area contributed by atoms with Crippen LogP contribution in [0, 0.1) is 11.3 Å². The number of aliphatic hydroxyl groups excluding tert-OH is 2. The van der Waals surface area contributed by atoms with Crippen LogP contribution < -0.4 is 0 Å². The van der Waals surface area contributed by atoms with Crippen molar-refractivity contribution in [3.8, 4) is 0 Å². The minimum absolute atomic E-state index is 0.118. The van der Waals surface area contributed by atoms with Gasteiger partial charge in [-0.3, -0.25) is 4.98 Å². The molecule has 2 aliphatic carbocycles. The third kappa shape index (κ3) is 5.19. The van der Waals surface area contributed by atoms with E-state index >= 15 is 0 Å². The van der Waals surface area contributed by atoms with E-state index in [1.165, 1.54) is 0 Å². The highest BCUT2D eigenvalue weighted by Gasteiger charge is 2.42. The number of aromatic nitrogens is 1. The molecular weight excluding hydrogens is 479 g/mol. The van der Waals surface area contributed by atoms with E-state index in [9.17, 15) is 23.4 Å². The number of nitrogens with zero attached hydrogens (tertiary/aromatic N) is 1. The van der Waals surface area contributed by atoms with Crippen LogP contribution in [0.4, 0.5) is 13.2 Å². The van der Waals surface area contributed by atoms with E-state index in [1.807, 2.05) is 0 Å². The van der Waals surface area contributed by atoms with E-state index in [1.54, 1.807) is 12.1 Å². The minimum Gasteiger partial charge on any atom is -0.388 e. The summed E-state index contributed by atoms with van der Waals surface area (Å²) < 4.78 is 45.7. The Morgan fingerprint density at radius 1 is 0.919 bits per heavy atom. The lowest BCUT2D eigenvalue weighted by molar-refractivity contribution is -0.137. The molecule has 3 aliphatic rings. The smallest absolute Gasteiger partial charge is 0.388 e. The van der Waals surface area contributed by atoms with Gasteiger partial charge in [0.2, 0.25) is 0 Å². The molecule has 4 unspecified atom stereocenters. The van der Waals surface area contributed by atoms with Crippen LogP contribution in [-0.4, -0.2) is 28.4 Å². The number of fused-ring (bicyclic) bond motifs is 3. The predicted octanol–water partition coefficient (Wildman–Crippen LogP) is 6.99. The van der Waals surface area contributed by atoms with Crippen LogP contribution in [0.1, 0.15) is 123 Å². The van der Waals surface area contributed by atoms with Crippen molar-refractivity contribution >= 4 is 0 Å². The Morgan fingerprint density at radius 2 is 1.59 bits per heavy atom. The van der Waals surface area contributed by atoms with Crippen molar-refractivity contribution in [3.05, 3.63) is 63.5 Å². The Bertz CT molecular complexity index is 1120. The van der Waals surface area contributed by atoms with Crippen molar-refractivity contribution in [2.45, 2.75) is 95.9 Å². The largest absolute Gasteiger partial charge is 0.416 e. The summed E-state index contributed by atoms with van der Waals surface area (Å²) in [5.74, 6) is 0.0642. The van der Waals surface area contributed by atoms with Crippen LogP contribution in [0.25, 0.3) is 0 Å². The van der Waals surface area contributed by atoms with E-state index in [0.717, 1.165) is 77.9 Å². The number of hydrogen-bond donors (Lipinski definition) is 2. The Balaban J connectivity index is 1.77. The minimum atomic E-state index is -4.40. The molecule has 7 heteroatoms. The third-order valence-electron chi connectivity index (χ3n) is 8.70. The van der Waals surface area contributed by atoms with Crippen LogP contribution in [-0.2, 0) is 17.3 Å². The predicted molar refractivity (Wildman–Crippen MR) is 135 cm³/mol. The molecule has 1 aromatic heterocycles. The van der Waals surface area contributed by atoms with Crippen molar-refractivity contribution in [1.82, 2.24) is 4.98 Å². The zero-order chi connectivity index (χ0) is 26.5. The molecule has 2 aromatic rings. The van der Waals surface area contributed by atoms with Gasteiger partial charge >= 0.3 is 6.18 Å². The van der Waals surface area contributed by atoms with Crippen LogP contribution >= 0.6 is 0 Å². The van der Waals surface area contributed by atoms with Crippen molar-refractivity contribution in [3.63, 3.8) is 0 Å². The molecule has 1 saturated heterocycles. The molecule has 0 spiro atoms. The summed E-state index contributed by atoms with van der Waals surface area (Å²) in [5, 5.41) is 23.0. The van der Waals surface area contributed by atoms with Crippen molar-refractivity contribution < 1.29 is 28.1 Å². The first kappa shape index (κ1) is 26.6. The second kappa shape index (κ2) is 9.97. The molecule has 1 aliphatic heterocycles. The first-order chi connectivity index (χ1) is 17.5. The monoisotopic (exact) mass is 517 g/mol. The van der Waals surface area contributed by atoms with Crippen molar-refractivity contribution in [1.29, 1.82) is 0 Å². The van der Waals surface area contributed by atoms with Crippen LogP contribution in [0.5, 0.6) is 0 Å². The number of pyridine rings is 1. The Hall–Kier alpha value is -1.96. The van der Waals surface area contributed by atoms with Crippen molar-refractivity contribution in [2.75, 3.05) is 13.2 Å². The molecule has 0 radical (unpaired) electrons. The second-order valence-electron chi connectivity index (χ2n) is 12.2. The zero-order valence-electron chi connectivity index (χ0n) is 21.9. The van der Waals surface area contributed by atoms with Gasteiger partial charge in [-0.15, -0.1) is 0 Å². The van der Waals surface area contributed by atoms with Gasteiger partial charge in [0.25, 0.3) is 0 Å². The molecule has 1 fully saturated rings. The number of ether oxygens (including phenoxy) is 1. The van der Waals surface area contributed by atoms with Gasteiger partial charge in [-0.1, -0.05) is 39.3 Å². The maximum absolute atomic E-state index is 13.4. The molecule has 1 aromatic carbocycles. The molecule has 0 amide bonds. The summed E-state index contributed by atoms with van der Waals surface area (Å²) in [4.78, 5) is 5.26. The first-order valence-corrected chi connectivity index (χ1v) is 13.6. The molecule has 0 saturated carbocycles. The lowest BCUT2D eigenvalue weighted by atomic mass is 9.67. The van der Waals surface area contributed by atoms with Gasteiger partial charge in [0.05, 0.1) is 17.8 Å². The first-order valence-electron chi connectivity index (χ1n) is 13.6. The van der Waals surface area contributed by atoms with Gasteiger partial charge in [-0.2, -0.15) is 13.2 Å². The average molecular weight is 518 g/mol. The lowest BCUT2D eigenvalue weighted by Gasteiger charge is -2.41. The number of benzene rings is 1. The Kier molecular flexibility index (Phi) is 7.18. The Morgan fingerprint density at radius 3 is 2.24 bits per heavy atom. The maximum atomic E-state index is 13.4. The lowest BCUT2D eigenvalue weighted by Crippen LogP contribution is -2.32. The van der Waals surface area contributed by atoms with Gasteiger partial charge in [0, 0.05) is 42.0 Å². The normalized spacial score (nSPS) is 28.6. The van der Waals surface area contributed by atoms with Gasteiger partial charge in [0.1, 0.15) is 0 Å². The third-order valence-corrected chi connectivity index (χ3v) is 8.70. The molecule has 37 heavy (non-hydrogen) atoms. The molecule has 2 heterocycles. The SMILES string of the molecule is CC1CCCC(O)c2c3c(nc(C4CCOCC4)c2C1c1ccc(C(F)(F)F)cc1)CC(C)(C)CC3O. The molecule has 5 rings (SSSR count). The summed E-state index contributed by atoms with van der Waals surface area (Å²) in [6, 6.07) is 5.51. The van der Waals surface area contributed by atoms with Crippen molar-refractivity contribution in [2.24, 2.45) is 11.3 Å². The van der Waals surface area contributed by atoms with Crippen LogP contribution in [0.2, 0.25) is 0 Å². The van der Waals surface area contributed by atoms with Gasteiger partial charge < -0.3 is 14.9 Å².